The highest BCUT2D eigenvalue weighted by Crippen LogP contribution is 2.16. The van der Waals surface area contributed by atoms with Crippen molar-refractivity contribution in [2.24, 2.45) is 0 Å². The lowest BCUT2D eigenvalue weighted by atomic mass is 10.0. The number of nitrogens with one attached hydrogen (secondary N) is 1. The maximum Gasteiger partial charge on any atom is 0.255 e. The number of H-pyrrole nitrogens is 1. The first-order valence-electron chi connectivity index (χ1n) is 13.7. The van der Waals surface area contributed by atoms with Crippen LogP contribution in [0.3, 0.4) is 0 Å². The Kier molecular flexibility index (Phi) is 11.0. The lowest BCUT2D eigenvalue weighted by Crippen LogP contribution is -2.21. The van der Waals surface area contributed by atoms with E-state index in [1.165, 1.54) is 50.5 Å². The molecule has 0 saturated carbocycles. The SMILES string of the molecule is O=c1[nH]c(SCCCCCCCCCc2ccccc2)ncc1Cc1ccn(Cc2ccccc2)c(=O)c1. The quantitative estimate of drug-likeness (QED) is 0.107. The van der Waals surface area contributed by atoms with E-state index in [-0.39, 0.29) is 11.1 Å². The zero-order valence-corrected chi connectivity index (χ0v) is 22.8. The lowest BCUT2D eigenvalue weighted by Gasteiger charge is -2.08. The van der Waals surface area contributed by atoms with E-state index in [0.29, 0.717) is 23.7 Å². The number of aromatic amines is 1. The van der Waals surface area contributed by atoms with Gasteiger partial charge in [0.2, 0.25) is 0 Å². The summed E-state index contributed by atoms with van der Waals surface area (Å²) in [7, 11) is 0. The van der Waals surface area contributed by atoms with Crippen LogP contribution in [0.25, 0.3) is 0 Å². The normalized spacial score (nSPS) is 11.1. The van der Waals surface area contributed by atoms with Gasteiger partial charge in [0.05, 0.1) is 6.54 Å². The van der Waals surface area contributed by atoms with E-state index in [9.17, 15) is 9.59 Å². The van der Waals surface area contributed by atoms with Gasteiger partial charge >= 0.3 is 0 Å². The van der Waals surface area contributed by atoms with Crippen LogP contribution in [0.4, 0.5) is 0 Å². The Morgan fingerprint density at radius 2 is 1.39 bits per heavy atom. The summed E-state index contributed by atoms with van der Waals surface area (Å²) in [6, 6.07) is 24.1. The molecule has 198 valence electrons. The smallest absolute Gasteiger partial charge is 0.255 e. The Bertz CT molecular complexity index is 1370. The molecule has 0 fully saturated rings. The lowest BCUT2D eigenvalue weighted by molar-refractivity contribution is 0.590. The van der Waals surface area contributed by atoms with Crippen LogP contribution in [0.1, 0.15) is 67.2 Å². The molecule has 0 saturated heterocycles. The zero-order valence-electron chi connectivity index (χ0n) is 22.0. The monoisotopic (exact) mass is 527 g/mol. The number of unbranched alkanes of at least 4 members (excludes halogenated alkanes) is 6. The van der Waals surface area contributed by atoms with E-state index < -0.39 is 0 Å². The van der Waals surface area contributed by atoms with Crippen LogP contribution in [0.5, 0.6) is 0 Å². The number of hydrogen-bond donors (Lipinski definition) is 1. The van der Waals surface area contributed by atoms with Crippen LogP contribution in [-0.2, 0) is 19.4 Å². The summed E-state index contributed by atoms with van der Waals surface area (Å²) in [6.07, 6.45) is 13.8. The number of hydrogen-bond acceptors (Lipinski definition) is 4. The number of aromatic nitrogens is 3. The van der Waals surface area contributed by atoms with Crippen molar-refractivity contribution in [3.63, 3.8) is 0 Å². The molecule has 0 amide bonds. The highest BCUT2D eigenvalue weighted by atomic mass is 32.2. The minimum absolute atomic E-state index is 0.0740. The molecule has 2 heterocycles. The second-order valence-electron chi connectivity index (χ2n) is 9.77. The van der Waals surface area contributed by atoms with Crippen molar-refractivity contribution in [2.45, 2.75) is 69.5 Å². The summed E-state index contributed by atoms with van der Waals surface area (Å²) in [5, 5.41) is 0.665. The molecule has 0 aliphatic heterocycles. The Labute approximate surface area is 229 Å². The van der Waals surface area contributed by atoms with Crippen LogP contribution in [-0.4, -0.2) is 20.3 Å². The number of rotatable bonds is 15. The maximum absolute atomic E-state index is 12.6. The van der Waals surface area contributed by atoms with Crippen molar-refractivity contribution >= 4 is 11.8 Å². The Morgan fingerprint density at radius 1 is 0.737 bits per heavy atom. The van der Waals surface area contributed by atoms with Gasteiger partial charge in [0.25, 0.3) is 11.1 Å². The van der Waals surface area contributed by atoms with Crippen LogP contribution >= 0.6 is 11.8 Å². The van der Waals surface area contributed by atoms with Gasteiger partial charge in [-0.05, 0) is 42.0 Å². The fourth-order valence-electron chi connectivity index (χ4n) is 4.52. The van der Waals surface area contributed by atoms with Gasteiger partial charge in [-0.3, -0.25) is 9.59 Å². The predicted octanol–water partition coefficient (Wildman–Crippen LogP) is 6.64. The van der Waals surface area contributed by atoms with Gasteiger partial charge in [-0.25, -0.2) is 4.98 Å². The molecule has 5 nitrogen and oxygen atoms in total. The summed E-state index contributed by atoms with van der Waals surface area (Å²) in [5.74, 6) is 0.954. The topological polar surface area (TPSA) is 67.8 Å². The van der Waals surface area contributed by atoms with Crippen molar-refractivity contribution in [3.8, 4) is 0 Å². The van der Waals surface area contributed by atoms with Gasteiger partial charge in [0, 0.05) is 36.2 Å². The molecule has 0 aliphatic rings. The molecular formula is C32H37N3O2S. The molecule has 38 heavy (non-hydrogen) atoms. The highest BCUT2D eigenvalue weighted by molar-refractivity contribution is 7.99. The second kappa shape index (κ2) is 15.1. The highest BCUT2D eigenvalue weighted by Gasteiger charge is 2.07. The third-order valence-corrected chi connectivity index (χ3v) is 7.67. The minimum Gasteiger partial charge on any atom is -0.311 e. The average molecular weight is 528 g/mol. The van der Waals surface area contributed by atoms with E-state index >= 15 is 0 Å². The van der Waals surface area contributed by atoms with Crippen molar-refractivity contribution in [1.29, 1.82) is 0 Å². The molecule has 0 aliphatic carbocycles. The van der Waals surface area contributed by atoms with Gasteiger partial charge in [0.1, 0.15) is 0 Å². The molecule has 4 aromatic rings. The number of nitrogens with zero attached hydrogens (tertiary/aromatic N) is 2. The summed E-state index contributed by atoms with van der Waals surface area (Å²) >= 11 is 1.60. The Balaban J connectivity index is 1.12. The van der Waals surface area contributed by atoms with Crippen LogP contribution in [0, 0.1) is 0 Å². The average Bonchev–Trinajstić information content (AvgIpc) is 2.94. The Hall–Kier alpha value is -3.38. The van der Waals surface area contributed by atoms with E-state index in [1.807, 2.05) is 36.4 Å². The molecule has 4 rings (SSSR count). The van der Waals surface area contributed by atoms with Crippen LogP contribution in [0.2, 0.25) is 0 Å². The second-order valence-corrected chi connectivity index (χ2v) is 10.8. The number of pyridine rings is 1. The fraction of sp³-hybridized carbons (Fsp3) is 0.344. The molecule has 6 heteroatoms. The van der Waals surface area contributed by atoms with Crippen molar-refractivity contribution in [1.82, 2.24) is 14.5 Å². The molecule has 0 unspecified atom stereocenters. The van der Waals surface area contributed by atoms with Gasteiger partial charge in [-0.2, -0.15) is 0 Å². The molecular weight excluding hydrogens is 490 g/mol. The molecule has 1 N–H and O–H groups in total. The largest absolute Gasteiger partial charge is 0.311 e. The minimum atomic E-state index is -0.133. The predicted molar refractivity (Wildman–Crippen MR) is 157 cm³/mol. The molecule has 2 aromatic heterocycles. The van der Waals surface area contributed by atoms with Crippen LogP contribution in [0.15, 0.2) is 99.9 Å². The van der Waals surface area contributed by atoms with Gasteiger partial charge in [-0.15, -0.1) is 0 Å². The van der Waals surface area contributed by atoms with E-state index in [1.54, 1.807) is 34.8 Å². The maximum atomic E-state index is 12.6. The Morgan fingerprint density at radius 3 is 2.08 bits per heavy atom. The summed E-state index contributed by atoms with van der Waals surface area (Å²) in [5.41, 5.74) is 3.69. The molecule has 0 spiro atoms. The molecule has 2 aromatic carbocycles. The fourth-order valence-corrected chi connectivity index (χ4v) is 5.36. The number of thioether (sulfide) groups is 1. The first kappa shape index (κ1) is 27.6. The van der Waals surface area contributed by atoms with Gasteiger partial charge < -0.3 is 9.55 Å². The van der Waals surface area contributed by atoms with E-state index in [0.717, 1.165) is 23.3 Å². The molecule has 0 atom stereocenters. The van der Waals surface area contributed by atoms with Crippen molar-refractivity contribution < 1.29 is 0 Å². The van der Waals surface area contributed by atoms with Gasteiger partial charge in [0.15, 0.2) is 5.16 Å². The number of aryl methyl sites for hydroxylation is 1. The summed E-state index contributed by atoms with van der Waals surface area (Å²) in [4.78, 5) is 32.5. The summed E-state index contributed by atoms with van der Waals surface area (Å²) < 4.78 is 1.67. The zero-order chi connectivity index (χ0) is 26.4. The molecule has 0 bridgehead atoms. The molecule has 0 radical (unpaired) electrons. The first-order chi connectivity index (χ1) is 18.7. The van der Waals surface area contributed by atoms with Crippen molar-refractivity contribution in [2.75, 3.05) is 5.75 Å². The third kappa shape index (κ3) is 9.18. The van der Waals surface area contributed by atoms with Gasteiger partial charge in [-0.1, -0.05) is 105 Å². The number of benzene rings is 2. The van der Waals surface area contributed by atoms with E-state index in [4.69, 9.17) is 0 Å². The third-order valence-electron chi connectivity index (χ3n) is 6.69. The van der Waals surface area contributed by atoms with Crippen LogP contribution < -0.4 is 11.1 Å². The standard InChI is InChI=1S/C32H37N3O2S/c36-30-23-28(19-20-35(30)25-27-17-11-7-12-18-27)22-29-24-33-32(34-31(29)37)38-21-13-5-3-1-2-4-8-14-26-15-9-6-10-16-26/h6-7,9-12,15-20,23-24H,1-5,8,13-14,21-22,25H2,(H,33,34,37). The first-order valence-corrected chi connectivity index (χ1v) is 14.6. The van der Waals surface area contributed by atoms with Crippen molar-refractivity contribution in [3.05, 3.63) is 128 Å². The summed E-state index contributed by atoms with van der Waals surface area (Å²) in [6.45, 7) is 0.531. The van der Waals surface area contributed by atoms with E-state index in [2.05, 4.69) is 40.3 Å².